The van der Waals surface area contributed by atoms with Crippen LogP contribution in [0.15, 0.2) is 18.3 Å². The number of hydrogen-bond acceptors (Lipinski definition) is 2. The van der Waals surface area contributed by atoms with Crippen LogP contribution in [0.1, 0.15) is 11.3 Å². The van der Waals surface area contributed by atoms with E-state index in [1.807, 2.05) is 19.2 Å². The molecule has 0 bridgehead atoms. The van der Waals surface area contributed by atoms with Crippen molar-refractivity contribution >= 4 is 6.41 Å². The molecule has 4 heteroatoms. The van der Waals surface area contributed by atoms with Crippen LogP contribution in [0.25, 0.3) is 0 Å². The lowest BCUT2D eigenvalue weighted by atomic mass is 10.2. The van der Waals surface area contributed by atoms with Crippen LogP contribution in [0.5, 0.6) is 0 Å². The zero-order valence-corrected chi connectivity index (χ0v) is 7.24. The molecule has 0 unspecified atom stereocenters. The summed E-state index contributed by atoms with van der Waals surface area (Å²) in [6.07, 6.45) is 2.06. The van der Waals surface area contributed by atoms with E-state index in [0.29, 0.717) is 0 Å². The summed E-state index contributed by atoms with van der Waals surface area (Å²) in [5.74, 6) is 0. The van der Waals surface area contributed by atoms with Crippen molar-refractivity contribution in [2.45, 2.75) is 13.8 Å². The van der Waals surface area contributed by atoms with E-state index in [-0.39, 0.29) is 11.9 Å². The molecule has 0 aliphatic heterocycles. The molecular weight excluding hydrogens is 156 g/mol. The number of pyridine rings is 1. The number of primary amides is 1. The van der Waals surface area contributed by atoms with Crippen LogP contribution in [0, 0.1) is 13.8 Å². The van der Waals surface area contributed by atoms with Crippen molar-refractivity contribution in [2.75, 3.05) is 0 Å². The number of nitrogens with two attached hydrogens (primary N) is 1. The minimum absolute atomic E-state index is 0. The first-order chi connectivity index (χ1) is 5.22. The second-order valence-corrected chi connectivity index (χ2v) is 2.04. The van der Waals surface area contributed by atoms with E-state index in [9.17, 15) is 0 Å². The zero-order chi connectivity index (χ0) is 8.69. The van der Waals surface area contributed by atoms with E-state index in [1.54, 1.807) is 0 Å². The molecular formula is C8H14N2O2. The van der Waals surface area contributed by atoms with Gasteiger partial charge in [-0.3, -0.25) is 9.78 Å². The van der Waals surface area contributed by atoms with E-state index in [4.69, 9.17) is 4.79 Å². The van der Waals surface area contributed by atoms with Gasteiger partial charge in [-0.15, -0.1) is 0 Å². The first-order valence-corrected chi connectivity index (χ1v) is 3.26. The normalized spacial score (nSPS) is 7.17. The smallest absolute Gasteiger partial charge is 0.204 e. The Morgan fingerprint density at radius 1 is 1.50 bits per heavy atom. The number of amides is 1. The van der Waals surface area contributed by atoms with E-state index < -0.39 is 0 Å². The summed E-state index contributed by atoms with van der Waals surface area (Å²) in [6, 6.07) is 4.00. The summed E-state index contributed by atoms with van der Waals surface area (Å²) in [6.45, 7) is 4.07. The third-order valence-electron chi connectivity index (χ3n) is 1.27. The first kappa shape index (κ1) is 13.2. The molecule has 0 radical (unpaired) electrons. The minimum atomic E-state index is 0. The van der Waals surface area contributed by atoms with Crippen molar-refractivity contribution in [3.63, 3.8) is 0 Å². The number of hydrogen-bond donors (Lipinski definition) is 1. The average Bonchev–Trinajstić information content (AvgIpc) is 1.97. The van der Waals surface area contributed by atoms with Crippen LogP contribution in [0.2, 0.25) is 0 Å². The van der Waals surface area contributed by atoms with Gasteiger partial charge in [0.05, 0.1) is 0 Å². The van der Waals surface area contributed by atoms with Gasteiger partial charge in [0.2, 0.25) is 6.41 Å². The van der Waals surface area contributed by atoms with Gasteiger partial charge in [-0.05, 0) is 25.5 Å². The fourth-order valence-electron chi connectivity index (χ4n) is 0.565. The highest BCUT2D eigenvalue weighted by Crippen LogP contribution is 1.98. The van der Waals surface area contributed by atoms with Crippen molar-refractivity contribution < 1.29 is 10.3 Å². The summed E-state index contributed by atoms with van der Waals surface area (Å²) >= 11 is 0. The molecule has 0 saturated carbocycles. The molecule has 0 aliphatic carbocycles. The third-order valence-corrected chi connectivity index (χ3v) is 1.27. The van der Waals surface area contributed by atoms with E-state index in [0.717, 1.165) is 5.69 Å². The van der Waals surface area contributed by atoms with Gasteiger partial charge in [0.15, 0.2) is 0 Å². The van der Waals surface area contributed by atoms with Crippen LogP contribution in [-0.2, 0) is 4.79 Å². The lowest BCUT2D eigenvalue weighted by molar-refractivity contribution is -0.106. The molecule has 0 aromatic carbocycles. The fraction of sp³-hybridized carbons (Fsp3) is 0.250. The summed E-state index contributed by atoms with van der Waals surface area (Å²) in [7, 11) is 0. The molecule has 4 N–H and O–H groups in total. The maximum Gasteiger partial charge on any atom is 0.204 e. The molecule has 1 rings (SSSR count). The molecule has 0 spiro atoms. The Kier molecular flexibility index (Phi) is 8.45. The lowest BCUT2D eigenvalue weighted by Crippen LogP contribution is -1.82. The van der Waals surface area contributed by atoms with Crippen LogP contribution in [0.3, 0.4) is 0 Å². The van der Waals surface area contributed by atoms with Crippen LogP contribution in [0.4, 0.5) is 0 Å². The third kappa shape index (κ3) is 5.37. The average molecular weight is 170 g/mol. The number of rotatable bonds is 0. The van der Waals surface area contributed by atoms with E-state index in [1.165, 1.54) is 5.56 Å². The molecule has 1 amide bonds. The van der Waals surface area contributed by atoms with Crippen molar-refractivity contribution in [3.05, 3.63) is 29.6 Å². The monoisotopic (exact) mass is 170 g/mol. The maximum absolute atomic E-state index is 8.58. The van der Waals surface area contributed by atoms with Gasteiger partial charge < -0.3 is 11.2 Å². The quantitative estimate of drug-likeness (QED) is 0.554. The number of carbonyl (C=O) groups is 1. The Bertz CT molecular complexity index is 205. The SMILES string of the molecule is Cc1cccnc1C.NC=O.O. The summed E-state index contributed by atoms with van der Waals surface area (Å²) < 4.78 is 0. The Morgan fingerprint density at radius 2 is 2.00 bits per heavy atom. The zero-order valence-electron chi connectivity index (χ0n) is 7.24. The van der Waals surface area contributed by atoms with Crippen molar-refractivity contribution in [1.29, 1.82) is 0 Å². The fourth-order valence-corrected chi connectivity index (χ4v) is 0.565. The largest absolute Gasteiger partial charge is 0.412 e. The highest BCUT2D eigenvalue weighted by atomic mass is 16.1. The molecule has 0 atom stereocenters. The number of aromatic nitrogens is 1. The van der Waals surface area contributed by atoms with Gasteiger partial charge in [0, 0.05) is 11.9 Å². The van der Waals surface area contributed by atoms with Crippen molar-refractivity contribution in [3.8, 4) is 0 Å². The van der Waals surface area contributed by atoms with Crippen molar-refractivity contribution in [2.24, 2.45) is 5.73 Å². The molecule has 12 heavy (non-hydrogen) atoms. The van der Waals surface area contributed by atoms with Crippen LogP contribution < -0.4 is 5.73 Å². The Morgan fingerprint density at radius 3 is 2.25 bits per heavy atom. The standard InChI is InChI=1S/C7H9N.CH3NO.H2O/c1-6-4-3-5-8-7(6)2;2-1-3;/h3-5H,1-2H3;1H,(H2,2,3);1H2. The van der Waals surface area contributed by atoms with Gasteiger partial charge in [-0.1, -0.05) is 6.07 Å². The summed E-state index contributed by atoms with van der Waals surface area (Å²) in [5.41, 5.74) is 6.54. The molecule has 1 aromatic heterocycles. The van der Waals surface area contributed by atoms with E-state index >= 15 is 0 Å². The second kappa shape index (κ2) is 7.68. The Labute approximate surface area is 71.7 Å². The maximum atomic E-state index is 8.58. The highest BCUT2D eigenvalue weighted by Gasteiger charge is 1.85. The van der Waals surface area contributed by atoms with Crippen LogP contribution >= 0.6 is 0 Å². The van der Waals surface area contributed by atoms with Gasteiger partial charge in [-0.2, -0.15) is 0 Å². The molecule has 0 aliphatic rings. The molecule has 4 nitrogen and oxygen atoms in total. The van der Waals surface area contributed by atoms with E-state index in [2.05, 4.69) is 23.7 Å². The molecule has 0 fully saturated rings. The minimum Gasteiger partial charge on any atom is -0.412 e. The van der Waals surface area contributed by atoms with Gasteiger partial charge in [-0.25, -0.2) is 0 Å². The summed E-state index contributed by atoms with van der Waals surface area (Å²) in [5, 5.41) is 0. The van der Waals surface area contributed by atoms with Crippen molar-refractivity contribution in [1.82, 2.24) is 4.98 Å². The molecule has 68 valence electrons. The topological polar surface area (TPSA) is 87.5 Å². The first-order valence-electron chi connectivity index (χ1n) is 3.26. The molecule has 1 aromatic rings. The number of nitrogens with zero attached hydrogens (tertiary/aromatic N) is 1. The van der Waals surface area contributed by atoms with Gasteiger partial charge in [0.1, 0.15) is 0 Å². The number of carbonyl (C=O) groups excluding carboxylic acids is 1. The molecule has 1 heterocycles. The van der Waals surface area contributed by atoms with Gasteiger partial charge >= 0.3 is 0 Å². The predicted molar refractivity (Wildman–Crippen MR) is 47.6 cm³/mol. The lowest BCUT2D eigenvalue weighted by Gasteiger charge is -1.92. The summed E-state index contributed by atoms with van der Waals surface area (Å²) in [4.78, 5) is 12.7. The second-order valence-electron chi connectivity index (χ2n) is 2.04. The predicted octanol–water partition coefficient (Wildman–Crippen LogP) is -0.0248. The Balaban J connectivity index is 0. The Hall–Kier alpha value is -1.42. The molecule has 0 saturated heterocycles. The number of aryl methyl sites for hydroxylation is 2. The highest BCUT2D eigenvalue weighted by molar-refractivity contribution is 5.42. The van der Waals surface area contributed by atoms with Crippen LogP contribution in [-0.4, -0.2) is 16.9 Å². The van der Waals surface area contributed by atoms with Gasteiger partial charge in [0.25, 0.3) is 0 Å².